The van der Waals surface area contributed by atoms with E-state index in [2.05, 4.69) is 25.3 Å². The first kappa shape index (κ1) is 37.5. The van der Waals surface area contributed by atoms with Gasteiger partial charge in [0.25, 0.3) is 11.8 Å². The number of hydrogen-bond acceptors (Lipinski definition) is 10. The highest BCUT2D eigenvalue weighted by atomic mass is 32.2. The number of carbonyl (C=O) groups is 4. The van der Waals surface area contributed by atoms with Crippen molar-refractivity contribution in [1.82, 2.24) is 35.2 Å². The summed E-state index contributed by atoms with van der Waals surface area (Å²) in [7, 11) is -3.91. The predicted octanol–water partition coefficient (Wildman–Crippen LogP) is 4.03. The second-order valence-electron chi connectivity index (χ2n) is 15.4. The zero-order valence-corrected chi connectivity index (χ0v) is 32.0. The average molecular weight is 780 g/mol. The second-order valence-corrected chi connectivity index (χ2v) is 17.3. The Morgan fingerprint density at radius 3 is 2.43 bits per heavy atom. The van der Waals surface area contributed by atoms with E-state index >= 15 is 0 Å². The molecular weight excluding hydrogens is 735 g/mol. The van der Waals surface area contributed by atoms with Crippen LogP contribution in [-0.2, 0) is 24.4 Å². The van der Waals surface area contributed by atoms with E-state index in [4.69, 9.17) is 9.72 Å². The summed E-state index contributed by atoms with van der Waals surface area (Å²) in [5, 5.41) is 7.86. The smallest absolute Gasteiger partial charge is 0.272 e. The molecule has 2 saturated carbocycles. The van der Waals surface area contributed by atoms with Crippen molar-refractivity contribution in [1.29, 1.82) is 0 Å². The highest BCUT2D eigenvalue weighted by Crippen LogP contribution is 2.42. The lowest BCUT2D eigenvalue weighted by molar-refractivity contribution is -0.144. The Hall–Kier alpha value is -5.44. The number of aryl methyl sites for hydroxylation is 1. The number of amides is 4. The quantitative estimate of drug-likeness (QED) is 0.183. The van der Waals surface area contributed by atoms with Gasteiger partial charge in [-0.25, -0.2) is 18.4 Å². The summed E-state index contributed by atoms with van der Waals surface area (Å²) in [6.45, 7) is 1.75. The van der Waals surface area contributed by atoms with E-state index < -0.39 is 68.5 Å². The molecular formula is C41H45N7O7S. The Balaban J connectivity index is 1.14. The number of carbonyl (C=O) groups excluding carboxylic acids is 4. The molecule has 5 atom stereocenters. The van der Waals surface area contributed by atoms with Crippen molar-refractivity contribution in [2.24, 2.45) is 5.92 Å². The van der Waals surface area contributed by atoms with Crippen molar-refractivity contribution < 1.29 is 32.3 Å². The van der Waals surface area contributed by atoms with E-state index in [-0.39, 0.29) is 25.1 Å². The lowest BCUT2D eigenvalue weighted by Gasteiger charge is -2.47. The van der Waals surface area contributed by atoms with Crippen molar-refractivity contribution in [3.8, 4) is 5.88 Å². The third-order valence-corrected chi connectivity index (χ3v) is 13.3. The number of ether oxygens (including phenoxy) is 1. The lowest BCUT2D eigenvalue weighted by Crippen LogP contribution is -2.70. The number of rotatable bonds is 7. The molecule has 8 rings (SSSR count). The maximum atomic E-state index is 14.7. The Labute approximate surface area is 324 Å². The number of aromatic nitrogens is 3. The van der Waals surface area contributed by atoms with Crippen LogP contribution in [0.4, 0.5) is 0 Å². The molecule has 4 amide bonds. The largest absolute Gasteiger partial charge is 0.472 e. The molecule has 56 heavy (non-hydrogen) atoms. The van der Waals surface area contributed by atoms with Gasteiger partial charge in [-0.05, 0) is 69.4 Å². The second kappa shape index (κ2) is 15.2. The van der Waals surface area contributed by atoms with Crippen molar-refractivity contribution >= 4 is 55.3 Å². The molecule has 2 aliphatic carbocycles. The Kier molecular flexibility index (Phi) is 10.2. The molecule has 4 aromatic rings. The van der Waals surface area contributed by atoms with Gasteiger partial charge in [-0.2, -0.15) is 0 Å². The molecule has 1 saturated heterocycles. The summed E-state index contributed by atoms with van der Waals surface area (Å²) in [4.78, 5) is 71.4. The molecule has 4 aliphatic rings. The van der Waals surface area contributed by atoms with Gasteiger partial charge in [0.15, 0.2) is 0 Å². The molecule has 3 fully saturated rings. The summed E-state index contributed by atoms with van der Waals surface area (Å²) in [5.41, 5.74) is -0.114. The van der Waals surface area contributed by atoms with Crippen LogP contribution in [0.3, 0.4) is 0 Å². The van der Waals surface area contributed by atoms with Crippen LogP contribution in [0, 0.1) is 12.8 Å². The van der Waals surface area contributed by atoms with Crippen LogP contribution >= 0.6 is 0 Å². The first-order valence-corrected chi connectivity index (χ1v) is 21.0. The number of nitrogens with zero attached hydrogens (tertiary/aromatic N) is 4. The van der Waals surface area contributed by atoms with E-state index in [0.717, 1.165) is 34.5 Å². The van der Waals surface area contributed by atoms with E-state index in [1.54, 1.807) is 6.92 Å². The monoisotopic (exact) mass is 779 g/mol. The average Bonchev–Trinajstić information content (AvgIpc) is 3.97. The van der Waals surface area contributed by atoms with Gasteiger partial charge in [-0.1, -0.05) is 61.4 Å². The number of nitrogens with one attached hydrogen (secondary N) is 3. The van der Waals surface area contributed by atoms with Crippen molar-refractivity contribution in [2.45, 2.75) is 100 Å². The summed E-state index contributed by atoms with van der Waals surface area (Å²) in [5.74, 6) is -2.52. The third-order valence-electron chi connectivity index (χ3n) is 11.5. The van der Waals surface area contributed by atoms with Gasteiger partial charge < -0.3 is 20.3 Å². The number of allylic oxidation sites excluding steroid dienone is 1. The minimum absolute atomic E-state index is 0.00491. The van der Waals surface area contributed by atoms with Gasteiger partial charge in [-0.3, -0.25) is 28.9 Å². The summed E-state index contributed by atoms with van der Waals surface area (Å²) in [6.07, 6.45) is 11.0. The Bertz CT molecular complexity index is 2330. The van der Waals surface area contributed by atoms with Crippen LogP contribution < -0.4 is 20.1 Å². The third kappa shape index (κ3) is 7.43. The number of para-hydroxylation sites is 1. The Morgan fingerprint density at radius 1 is 0.929 bits per heavy atom. The van der Waals surface area contributed by atoms with E-state index in [1.165, 1.54) is 17.3 Å². The van der Waals surface area contributed by atoms with Crippen LogP contribution in [0.2, 0.25) is 0 Å². The number of hydrogen-bond donors (Lipinski definition) is 3. The maximum Gasteiger partial charge on any atom is 0.272 e. The van der Waals surface area contributed by atoms with E-state index in [9.17, 15) is 27.6 Å². The molecule has 3 N–H and O–H groups in total. The number of fused-ring (bicyclic) bond motifs is 5. The molecule has 0 spiro atoms. The zero-order chi connectivity index (χ0) is 39.0. The lowest BCUT2D eigenvalue weighted by atomic mass is 9.65. The molecule has 292 valence electrons. The van der Waals surface area contributed by atoms with E-state index in [0.29, 0.717) is 50.1 Å². The molecule has 0 radical (unpaired) electrons. The van der Waals surface area contributed by atoms with Gasteiger partial charge in [-0.15, -0.1) is 0 Å². The first-order chi connectivity index (χ1) is 27.0. The normalized spacial score (nSPS) is 26.5. The van der Waals surface area contributed by atoms with Gasteiger partial charge >= 0.3 is 0 Å². The molecule has 2 aromatic heterocycles. The van der Waals surface area contributed by atoms with Crippen molar-refractivity contribution in [2.75, 3.05) is 6.54 Å². The fraction of sp³-hybridized carbons (Fsp3) is 0.439. The highest BCUT2D eigenvalue weighted by Gasteiger charge is 2.56. The minimum atomic E-state index is -3.91. The molecule has 0 bridgehead atoms. The van der Waals surface area contributed by atoms with Gasteiger partial charge in [0.05, 0.1) is 29.2 Å². The van der Waals surface area contributed by atoms with Crippen LogP contribution in [0.5, 0.6) is 5.88 Å². The topological polar surface area (TPSA) is 190 Å². The fourth-order valence-electron chi connectivity index (χ4n) is 8.08. The number of pyridine rings is 1. The summed E-state index contributed by atoms with van der Waals surface area (Å²) >= 11 is 0. The van der Waals surface area contributed by atoms with Crippen molar-refractivity contribution in [3.63, 3.8) is 0 Å². The number of sulfonamides is 1. The molecule has 14 nitrogen and oxygen atoms in total. The van der Waals surface area contributed by atoms with Crippen LogP contribution in [-0.4, -0.2) is 87.4 Å². The minimum Gasteiger partial charge on any atom is -0.472 e. The fourth-order valence-corrected chi connectivity index (χ4v) is 9.45. The first-order valence-electron chi connectivity index (χ1n) is 19.4. The zero-order valence-electron chi connectivity index (χ0n) is 31.1. The summed E-state index contributed by atoms with van der Waals surface area (Å²) < 4.78 is 34.8. The molecule has 2 aromatic carbocycles. The predicted molar refractivity (Wildman–Crippen MR) is 208 cm³/mol. The van der Waals surface area contributed by atoms with E-state index in [1.807, 2.05) is 60.7 Å². The van der Waals surface area contributed by atoms with Crippen molar-refractivity contribution in [3.05, 3.63) is 84.5 Å². The van der Waals surface area contributed by atoms with Gasteiger partial charge in [0.1, 0.15) is 29.4 Å². The highest BCUT2D eigenvalue weighted by molar-refractivity contribution is 7.91. The van der Waals surface area contributed by atoms with Crippen LogP contribution in [0.25, 0.3) is 21.7 Å². The standard InChI is InChI=1S/C41H45N7O7S/c1-25-22-43-34(23-42-25)36(49)44-33-16-6-4-2-3-5-11-26-19-20-41(26,40(52)47-56(53,54)28-17-18-28)46-37(50)35-21-27(24-48(35)39(33)51)55-38-31-14-8-7-12-29(31)30-13-9-10-15-32(30)45-38/h5,7-15,22-23,26-28,33,35H,2-4,6,16-21,24H2,1H3,(H,44,49)(H,46,50)(H,47,52)/b11-5-/t26?,27-,33+,35+,41-/m1/s1. The summed E-state index contributed by atoms with van der Waals surface area (Å²) in [6, 6.07) is 13.3. The SMILES string of the molecule is Cc1cnc(C(=O)N[C@H]2CCCCC/C=C\C3CC[C@@]3(C(=O)NS(=O)(=O)C3CC3)NC(=O)[C@@H]3C[C@@H](Oc4nc5ccccc5c5ccccc45)CN3C2=O)cn1. The van der Waals surface area contributed by atoms with Gasteiger partial charge in [0.2, 0.25) is 27.7 Å². The van der Waals surface area contributed by atoms with Gasteiger partial charge in [0, 0.05) is 29.3 Å². The van der Waals surface area contributed by atoms with Crippen LogP contribution in [0.15, 0.2) is 73.1 Å². The molecule has 2 aliphatic heterocycles. The maximum absolute atomic E-state index is 14.7. The Morgan fingerprint density at radius 2 is 1.70 bits per heavy atom. The molecule has 4 heterocycles. The molecule has 1 unspecified atom stereocenters. The molecule has 15 heteroatoms. The number of benzene rings is 2. The van der Waals surface area contributed by atoms with Crippen LogP contribution in [0.1, 0.15) is 80.4 Å².